The lowest BCUT2D eigenvalue weighted by Crippen LogP contribution is -2.47. The molecule has 1 amide bonds. The second kappa shape index (κ2) is 6.14. The lowest BCUT2D eigenvalue weighted by molar-refractivity contribution is -0.133. The predicted molar refractivity (Wildman–Crippen MR) is 88.1 cm³/mol. The predicted octanol–water partition coefficient (Wildman–Crippen LogP) is 0.963. The third-order valence-electron chi connectivity index (χ3n) is 4.18. The van der Waals surface area contributed by atoms with Crippen LogP contribution in [0.5, 0.6) is 0 Å². The Morgan fingerprint density at radius 2 is 1.86 bits per heavy atom. The number of hydrogen-bond acceptors (Lipinski definition) is 5. The van der Waals surface area contributed by atoms with Gasteiger partial charge in [-0.15, -0.1) is 12.4 Å². The molecule has 0 aliphatic carbocycles. The number of amides is 1. The normalized spacial score (nSPS) is 19.5. The molecule has 3 aliphatic heterocycles. The third-order valence-corrected chi connectivity index (χ3v) is 4.18. The van der Waals surface area contributed by atoms with Gasteiger partial charge in [0.05, 0.1) is 31.1 Å². The van der Waals surface area contributed by atoms with Gasteiger partial charge in [-0.2, -0.15) is 0 Å². The van der Waals surface area contributed by atoms with Crippen molar-refractivity contribution < 1.29 is 9.53 Å². The molecule has 1 saturated heterocycles. The van der Waals surface area contributed by atoms with E-state index in [9.17, 15) is 4.79 Å². The van der Waals surface area contributed by atoms with Crippen LogP contribution in [0.15, 0.2) is 29.3 Å². The van der Waals surface area contributed by atoms with Gasteiger partial charge in [0.15, 0.2) is 0 Å². The van der Waals surface area contributed by atoms with Crippen LogP contribution >= 0.6 is 12.4 Å². The van der Waals surface area contributed by atoms with E-state index in [1.54, 1.807) is 0 Å². The summed E-state index contributed by atoms with van der Waals surface area (Å²) in [7, 11) is 0. The monoisotopic (exact) mass is 322 g/mol. The summed E-state index contributed by atoms with van der Waals surface area (Å²) in [5.41, 5.74) is 2.24. The van der Waals surface area contributed by atoms with Crippen molar-refractivity contribution >= 4 is 35.6 Å². The highest BCUT2D eigenvalue weighted by Crippen LogP contribution is 2.38. The van der Waals surface area contributed by atoms with Crippen LogP contribution in [0, 0.1) is 0 Å². The minimum Gasteiger partial charge on any atom is -0.378 e. The molecule has 1 aromatic rings. The fourth-order valence-electron chi connectivity index (χ4n) is 3.13. The van der Waals surface area contributed by atoms with E-state index in [2.05, 4.69) is 22.0 Å². The first kappa shape index (κ1) is 15.1. The molecule has 4 rings (SSSR count). The standard InChI is InChI=1S/C15H18N4O2.ClH/c20-14(17-7-9-21-10-8-17)11-19-13-4-2-1-3-12(13)18-6-5-16-15(18)19;/h1-4H,5-11H2;1H. The molecule has 6 nitrogen and oxygen atoms in total. The summed E-state index contributed by atoms with van der Waals surface area (Å²) in [6.07, 6.45) is 0. The SMILES string of the molecule is Cl.O=C(CN1C2=NCCN2c2ccccc21)N1CCOCC1. The summed E-state index contributed by atoms with van der Waals surface area (Å²) in [5, 5.41) is 0. The van der Waals surface area contributed by atoms with Gasteiger partial charge in [0.2, 0.25) is 11.9 Å². The summed E-state index contributed by atoms with van der Waals surface area (Å²) < 4.78 is 5.31. The molecule has 3 aliphatic rings. The number of benzene rings is 1. The molecule has 0 radical (unpaired) electrons. The summed E-state index contributed by atoms with van der Waals surface area (Å²) >= 11 is 0. The average molecular weight is 323 g/mol. The molecule has 1 aromatic carbocycles. The molecule has 3 heterocycles. The summed E-state index contributed by atoms with van der Waals surface area (Å²) in [6, 6.07) is 8.19. The average Bonchev–Trinajstić information content (AvgIpc) is 3.11. The van der Waals surface area contributed by atoms with Crippen molar-refractivity contribution in [3.8, 4) is 0 Å². The van der Waals surface area contributed by atoms with E-state index in [0.29, 0.717) is 32.8 Å². The molecule has 118 valence electrons. The van der Waals surface area contributed by atoms with Gasteiger partial charge in [0.1, 0.15) is 6.54 Å². The Morgan fingerprint density at radius 3 is 2.64 bits per heavy atom. The molecule has 0 bridgehead atoms. The number of para-hydroxylation sites is 2. The van der Waals surface area contributed by atoms with Gasteiger partial charge in [0, 0.05) is 19.6 Å². The van der Waals surface area contributed by atoms with Gasteiger partial charge in [-0.05, 0) is 12.1 Å². The first-order chi connectivity index (χ1) is 10.3. The van der Waals surface area contributed by atoms with Crippen molar-refractivity contribution in [2.24, 2.45) is 4.99 Å². The van der Waals surface area contributed by atoms with Crippen molar-refractivity contribution in [3.63, 3.8) is 0 Å². The maximum absolute atomic E-state index is 12.5. The Bertz CT molecular complexity index is 601. The number of halogens is 1. The van der Waals surface area contributed by atoms with E-state index >= 15 is 0 Å². The van der Waals surface area contributed by atoms with Crippen LogP contribution in [-0.4, -0.2) is 62.7 Å². The van der Waals surface area contributed by atoms with Gasteiger partial charge in [-0.1, -0.05) is 12.1 Å². The molecule has 0 aromatic heterocycles. The van der Waals surface area contributed by atoms with Crippen LogP contribution in [-0.2, 0) is 9.53 Å². The number of rotatable bonds is 2. The van der Waals surface area contributed by atoms with Crippen molar-refractivity contribution in [2.45, 2.75) is 0 Å². The molecule has 1 fully saturated rings. The van der Waals surface area contributed by atoms with Gasteiger partial charge in [-0.3, -0.25) is 9.79 Å². The summed E-state index contributed by atoms with van der Waals surface area (Å²) in [6.45, 7) is 4.69. The highest BCUT2D eigenvalue weighted by molar-refractivity contribution is 6.18. The number of anilines is 2. The summed E-state index contributed by atoms with van der Waals surface area (Å²) in [5.74, 6) is 1.06. The lowest BCUT2D eigenvalue weighted by Gasteiger charge is -2.29. The number of morpholine rings is 1. The number of fused-ring (bicyclic) bond motifs is 3. The number of carbonyl (C=O) groups excluding carboxylic acids is 1. The molecule has 0 spiro atoms. The van der Waals surface area contributed by atoms with Crippen LogP contribution in [0.4, 0.5) is 11.4 Å². The number of nitrogens with zero attached hydrogens (tertiary/aromatic N) is 4. The van der Waals surface area contributed by atoms with E-state index < -0.39 is 0 Å². The van der Waals surface area contributed by atoms with Crippen LogP contribution in [0.1, 0.15) is 0 Å². The topological polar surface area (TPSA) is 48.4 Å². The molecular formula is C15H19ClN4O2. The maximum atomic E-state index is 12.5. The van der Waals surface area contributed by atoms with E-state index in [-0.39, 0.29) is 18.3 Å². The highest BCUT2D eigenvalue weighted by atomic mass is 35.5. The van der Waals surface area contributed by atoms with Gasteiger partial charge in [-0.25, -0.2) is 0 Å². The molecule has 22 heavy (non-hydrogen) atoms. The number of guanidine groups is 1. The number of carbonyl (C=O) groups is 1. The van der Waals surface area contributed by atoms with Crippen LogP contribution in [0.25, 0.3) is 0 Å². The Labute approximate surface area is 135 Å². The van der Waals surface area contributed by atoms with Crippen LogP contribution in [0.3, 0.4) is 0 Å². The van der Waals surface area contributed by atoms with E-state index in [4.69, 9.17) is 4.74 Å². The molecule has 0 unspecified atom stereocenters. The fraction of sp³-hybridized carbons (Fsp3) is 0.467. The smallest absolute Gasteiger partial charge is 0.242 e. The zero-order valence-electron chi connectivity index (χ0n) is 12.3. The molecule has 0 saturated carbocycles. The Balaban J connectivity index is 0.00000144. The minimum absolute atomic E-state index is 0. The van der Waals surface area contributed by atoms with Gasteiger partial charge in [0.25, 0.3) is 0 Å². The first-order valence-electron chi connectivity index (χ1n) is 7.39. The largest absolute Gasteiger partial charge is 0.378 e. The maximum Gasteiger partial charge on any atom is 0.242 e. The van der Waals surface area contributed by atoms with E-state index in [1.807, 2.05) is 21.9 Å². The Kier molecular flexibility index (Phi) is 4.22. The van der Waals surface area contributed by atoms with Crippen molar-refractivity contribution in [1.29, 1.82) is 0 Å². The van der Waals surface area contributed by atoms with Crippen molar-refractivity contribution in [3.05, 3.63) is 24.3 Å². The third kappa shape index (κ3) is 2.42. The lowest BCUT2D eigenvalue weighted by atomic mass is 10.2. The summed E-state index contributed by atoms with van der Waals surface area (Å²) in [4.78, 5) is 23.2. The minimum atomic E-state index is 0. The number of hydrogen-bond donors (Lipinski definition) is 0. The fourth-order valence-corrected chi connectivity index (χ4v) is 3.13. The Morgan fingerprint density at radius 1 is 1.14 bits per heavy atom. The molecule has 0 atom stereocenters. The highest BCUT2D eigenvalue weighted by Gasteiger charge is 2.36. The second-order valence-electron chi connectivity index (χ2n) is 5.40. The first-order valence-corrected chi connectivity index (χ1v) is 7.39. The van der Waals surface area contributed by atoms with Gasteiger partial charge >= 0.3 is 0 Å². The van der Waals surface area contributed by atoms with Crippen LogP contribution in [0.2, 0.25) is 0 Å². The number of ether oxygens (including phenoxy) is 1. The zero-order valence-corrected chi connectivity index (χ0v) is 13.1. The van der Waals surface area contributed by atoms with Crippen LogP contribution < -0.4 is 9.80 Å². The molecule has 7 heteroatoms. The van der Waals surface area contributed by atoms with Crippen molar-refractivity contribution in [1.82, 2.24) is 4.90 Å². The molecular weight excluding hydrogens is 304 g/mol. The number of aliphatic imine (C=N–C) groups is 1. The second-order valence-corrected chi connectivity index (χ2v) is 5.40. The van der Waals surface area contributed by atoms with Crippen molar-refractivity contribution in [2.75, 3.05) is 55.7 Å². The zero-order chi connectivity index (χ0) is 14.2. The van der Waals surface area contributed by atoms with E-state index in [1.165, 1.54) is 0 Å². The quantitative estimate of drug-likeness (QED) is 0.814. The Hall–Kier alpha value is -1.79. The van der Waals surface area contributed by atoms with Gasteiger partial charge < -0.3 is 19.4 Å². The van der Waals surface area contributed by atoms with E-state index in [0.717, 1.165) is 30.4 Å². The molecule has 0 N–H and O–H groups in total.